The Labute approximate surface area is 111 Å². The van der Waals surface area contributed by atoms with Gasteiger partial charge in [0.2, 0.25) is 0 Å². The van der Waals surface area contributed by atoms with Gasteiger partial charge < -0.3 is 19.8 Å². The lowest BCUT2D eigenvalue weighted by Crippen LogP contribution is -2.14. The third-order valence-corrected chi connectivity index (χ3v) is 2.95. The zero-order valence-corrected chi connectivity index (χ0v) is 11.1. The third-order valence-electron chi connectivity index (χ3n) is 2.95. The minimum absolute atomic E-state index is 0.216. The van der Waals surface area contributed by atoms with Crippen LogP contribution in [0.15, 0.2) is 24.5 Å². The standard InChI is InChI=1S/C13H16N4O2/c1-14-9-5-12(17(3)6-9)13(19)15-10-4-11(8-18)16(2)7-10/h4-8,14H,1-3H3,(H,15,19). The van der Waals surface area contributed by atoms with Gasteiger partial charge in [-0.2, -0.15) is 0 Å². The van der Waals surface area contributed by atoms with Crippen molar-refractivity contribution in [1.82, 2.24) is 9.13 Å². The van der Waals surface area contributed by atoms with Gasteiger partial charge in [-0.15, -0.1) is 0 Å². The molecule has 0 saturated carbocycles. The zero-order valence-electron chi connectivity index (χ0n) is 11.1. The van der Waals surface area contributed by atoms with Crippen LogP contribution in [0.1, 0.15) is 21.0 Å². The van der Waals surface area contributed by atoms with Crippen molar-refractivity contribution in [3.05, 3.63) is 35.9 Å². The molecule has 0 saturated heterocycles. The monoisotopic (exact) mass is 260 g/mol. The first kappa shape index (κ1) is 12.9. The van der Waals surface area contributed by atoms with E-state index in [1.165, 1.54) is 0 Å². The van der Waals surface area contributed by atoms with E-state index in [1.807, 2.05) is 6.20 Å². The molecule has 0 aliphatic rings. The van der Waals surface area contributed by atoms with E-state index < -0.39 is 0 Å². The second kappa shape index (κ2) is 5.01. The molecule has 1 amide bonds. The Morgan fingerprint density at radius 1 is 1.16 bits per heavy atom. The summed E-state index contributed by atoms with van der Waals surface area (Å²) in [6, 6.07) is 3.39. The summed E-state index contributed by atoms with van der Waals surface area (Å²) >= 11 is 0. The lowest BCUT2D eigenvalue weighted by molar-refractivity contribution is 0.101. The molecule has 6 nitrogen and oxygen atoms in total. The molecule has 2 rings (SSSR count). The van der Waals surface area contributed by atoms with Crippen LogP contribution in [0.4, 0.5) is 11.4 Å². The van der Waals surface area contributed by atoms with E-state index in [0.717, 1.165) is 12.0 Å². The van der Waals surface area contributed by atoms with Crippen LogP contribution in [-0.2, 0) is 14.1 Å². The van der Waals surface area contributed by atoms with Gasteiger partial charge in [0.15, 0.2) is 6.29 Å². The molecule has 0 aromatic carbocycles. The van der Waals surface area contributed by atoms with Gasteiger partial charge in [-0.1, -0.05) is 0 Å². The normalized spacial score (nSPS) is 10.3. The third kappa shape index (κ3) is 2.52. The predicted octanol–water partition coefficient (Wildman–Crippen LogP) is 1.47. The van der Waals surface area contributed by atoms with Crippen molar-refractivity contribution in [3.8, 4) is 0 Å². The van der Waals surface area contributed by atoms with Crippen LogP contribution in [0, 0.1) is 0 Å². The second-order valence-corrected chi connectivity index (χ2v) is 4.31. The Bertz CT molecular complexity index is 625. The Hall–Kier alpha value is -2.50. The maximum atomic E-state index is 12.1. The fourth-order valence-electron chi connectivity index (χ4n) is 1.89. The smallest absolute Gasteiger partial charge is 0.272 e. The molecule has 2 aromatic rings. The number of aldehydes is 1. The zero-order chi connectivity index (χ0) is 14.0. The average Bonchev–Trinajstić information content (AvgIpc) is 2.92. The van der Waals surface area contributed by atoms with Gasteiger partial charge in [-0.05, 0) is 12.1 Å². The van der Waals surface area contributed by atoms with Gasteiger partial charge in [0.05, 0.1) is 17.1 Å². The molecule has 0 atom stereocenters. The summed E-state index contributed by atoms with van der Waals surface area (Å²) < 4.78 is 3.40. The maximum absolute atomic E-state index is 12.1. The highest BCUT2D eigenvalue weighted by Crippen LogP contribution is 2.16. The first-order chi connectivity index (χ1) is 9.05. The van der Waals surface area contributed by atoms with E-state index in [2.05, 4.69) is 10.6 Å². The number of nitrogens with zero attached hydrogens (tertiary/aromatic N) is 2. The van der Waals surface area contributed by atoms with Crippen molar-refractivity contribution in [2.45, 2.75) is 0 Å². The highest BCUT2D eigenvalue weighted by molar-refractivity contribution is 6.04. The summed E-state index contributed by atoms with van der Waals surface area (Å²) in [7, 11) is 5.35. The number of anilines is 2. The molecule has 0 fully saturated rings. The molecule has 6 heteroatoms. The first-order valence-corrected chi connectivity index (χ1v) is 5.82. The number of nitrogens with one attached hydrogen (secondary N) is 2. The van der Waals surface area contributed by atoms with E-state index in [-0.39, 0.29) is 5.91 Å². The molecule has 0 aliphatic carbocycles. The van der Waals surface area contributed by atoms with Gasteiger partial charge >= 0.3 is 0 Å². The van der Waals surface area contributed by atoms with Crippen LogP contribution in [0.25, 0.3) is 0 Å². The molecule has 0 radical (unpaired) electrons. The SMILES string of the molecule is CNc1cc(C(=O)Nc2cc(C=O)n(C)c2)n(C)c1. The lowest BCUT2D eigenvalue weighted by Gasteiger charge is -2.03. The number of carbonyl (C=O) groups excluding carboxylic acids is 2. The van der Waals surface area contributed by atoms with Crippen molar-refractivity contribution in [1.29, 1.82) is 0 Å². The summed E-state index contributed by atoms with van der Waals surface area (Å²) in [5.41, 5.74) is 2.52. The molecule has 100 valence electrons. The first-order valence-electron chi connectivity index (χ1n) is 5.82. The Balaban J connectivity index is 2.20. The molecule has 0 aliphatic heterocycles. The van der Waals surface area contributed by atoms with Crippen molar-refractivity contribution in [2.24, 2.45) is 14.1 Å². The Morgan fingerprint density at radius 3 is 2.37 bits per heavy atom. The van der Waals surface area contributed by atoms with Crippen LogP contribution in [-0.4, -0.2) is 28.4 Å². The van der Waals surface area contributed by atoms with Crippen LogP contribution in [0.3, 0.4) is 0 Å². The number of aryl methyl sites for hydroxylation is 2. The highest BCUT2D eigenvalue weighted by Gasteiger charge is 2.13. The van der Waals surface area contributed by atoms with Crippen molar-refractivity contribution >= 4 is 23.6 Å². The molecule has 2 heterocycles. The molecule has 0 bridgehead atoms. The van der Waals surface area contributed by atoms with Crippen LogP contribution < -0.4 is 10.6 Å². The highest BCUT2D eigenvalue weighted by atomic mass is 16.2. The van der Waals surface area contributed by atoms with Crippen LogP contribution in [0.5, 0.6) is 0 Å². The molecule has 0 spiro atoms. The van der Waals surface area contributed by atoms with E-state index in [1.54, 1.807) is 48.6 Å². The minimum Gasteiger partial charge on any atom is -0.387 e. The van der Waals surface area contributed by atoms with Crippen molar-refractivity contribution < 1.29 is 9.59 Å². The number of rotatable bonds is 4. The summed E-state index contributed by atoms with van der Waals surface area (Å²) in [6.45, 7) is 0. The number of hydrogen-bond acceptors (Lipinski definition) is 3. The quantitative estimate of drug-likeness (QED) is 0.818. The molecule has 0 unspecified atom stereocenters. The molecular weight excluding hydrogens is 244 g/mol. The van der Waals surface area contributed by atoms with Crippen molar-refractivity contribution in [2.75, 3.05) is 17.7 Å². The average molecular weight is 260 g/mol. The van der Waals surface area contributed by atoms with Gasteiger partial charge in [0.1, 0.15) is 5.69 Å². The minimum atomic E-state index is -0.216. The number of amides is 1. The Kier molecular flexibility index (Phi) is 3.41. The Morgan fingerprint density at radius 2 is 1.84 bits per heavy atom. The van der Waals surface area contributed by atoms with E-state index in [0.29, 0.717) is 17.1 Å². The molecule has 2 N–H and O–H groups in total. The predicted molar refractivity (Wildman–Crippen MR) is 73.7 cm³/mol. The van der Waals surface area contributed by atoms with Gasteiger partial charge in [-0.25, -0.2) is 0 Å². The number of carbonyl (C=O) groups is 2. The van der Waals surface area contributed by atoms with Gasteiger partial charge in [-0.3, -0.25) is 9.59 Å². The van der Waals surface area contributed by atoms with E-state index in [9.17, 15) is 9.59 Å². The molecule has 2 aromatic heterocycles. The van der Waals surface area contributed by atoms with E-state index >= 15 is 0 Å². The summed E-state index contributed by atoms with van der Waals surface area (Å²) in [5.74, 6) is -0.216. The summed E-state index contributed by atoms with van der Waals surface area (Å²) in [5, 5.41) is 5.74. The number of hydrogen-bond donors (Lipinski definition) is 2. The molecule has 19 heavy (non-hydrogen) atoms. The van der Waals surface area contributed by atoms with Crippen molar-refractivity contribution in [3.63, 3.8) is 0 Å². The van der Waals surface area contributed by atoms with E-state index in [4.69, 9.17) is 0 Å². The van der Waals surface area contributed by atoms with Gasteiger partial charge in [0.25, 0.3) is 5.91 Å². The fraction of sp³-hybridized carbons (Fsp3) is 0.231. The lowest BCUT2D eigenvalue weighted by atomic mass is 10.3. The van der Waals surface area contributed by atoms with Crippen LogP contribution >= 0.6 is 0 Å². The maximum Gasteiger partial charge on any atom is 0.272 e. The second-order valence-electron chi connectivity index (χ2n) is 4.31. The summed E-state index contributed by atoms with van der Waals surface area (Å²) in [6.07, 6.45) is 4.28. The molecular formula is C13H16N4O2. The fourth-order valence-corrected chi connectivity index (χ4v) is 1.89. The number of aromatic nitrogens is 2. The van der Waals surface area contributed by atoms with Gasteiger partial charge in [0, 0.05) is 33.5 Å². The topological polar surface area (TPSA) is 68.1 Å². The summed E-state index contributed by atoms with van der Waals surface area (Å²) in [4.78, 5) is 22.9. The largest absolute Gasteiger partial charge is 0.387 e. The van der Waals surface area contributed by atoms with Crippen LogP contribution in [0.2, 0.25) is 0 Å².